The molecule has 2 rings (SSSR count). The predicted octanol–water partition coefficient (Wildman–Crippen LogP) is 1.57. The molecule has 0 saturated carbocycles. The molecule has 0 bridgehead atoms. The lowest BCUT2D eigenvalue weighted by atomic mass is 10.0. The highest BCUT2D eigenvalue weighted by atomic mass is 35.5. The molecule has 1 aliphatic heterocycles. The van der Waals surface area contributed by atoms with Crippen LogP contribution in [-0.2, 0) is 4.79 Å². The third-order valence-corrected chi connectivity index (χ3v) is 2.85. The molecule has 86 valence electrons. The van der Waals surface area contributed by atoms with E-state index in [0.717, 1.165) is 12.8 Å². The number of nitrogens with zero attached hydrogens (tertiary/aromatic N) is 3. The zero-order chi connectivity index (χ0) is 11.5. The molecule has 1 aliphatic rings. The third kappa shape index (κ3) is 2.24. The average molecular weight is 242 g/mol. The first-order chi connectivity index (χ1) is 7.68. The smallest absolute Gasteiger partial charge is 0.326 e. The Balaban J connectivity index is 2.23. The summed E-state index contributed by atoms with van der Waals surface area (Å²) in [4.78, 5) is 20.9. The zero-order valence-corrected chi connectivity index (χ0v) is 9.39. The van der Waals surface area contributed by atoms with Crippen LogP contribution in [0.1, 0.15) is 19.3 Å². The largest absolute Gasteiger partial charge is 0.480 e. The van der Waals surface area contributed by atoms with Crippen molar-refractivity contribution in [2.75, 3.05) is 11.4 Å². The van der Waals surface area contributed by atoms with Gasteiger partial charge < -0.3 is 10.0 Å². The fourth-order valence-electron chi connectivity index (χ4n) is 1.88. The van der Waals surface area contributed by atoms with E-state index in [-0.39, 0.29) is 0 Å². The molecule has 1 atom stereocenters. The van der Waals surface area contributed by atoms with E-state index in [0.29, 0.717) is 23.9 Å². The van der Waals surface area contributed by atoms with E-state index < -0.39 is 12.0 Å². The van der Waals surface area contributed by atoms with Crippen molar-refractivity contribution in [1.29, 1.82) is 0 Å². The lowest BCUT2D eigenvalue weighted by Crippen LogP contribution is -2.45. The number of aromatic nitrogens is 2. The second kappa shape index (κ2) is 4.65. The van der Waals surface area contributed by atoms with E-state index in [9.17, 15) is 4.79 Å². The molecule has 1 N–H and O–H groups in total. The van der Waals surface area contributed by atoms with E-state index in [2.05, 4.69) is 9.97 Å². The minimum atomic E-state index is -0.821. The summed E-state index contributed by atoms with van der Waals surface area (Å²) < 4.78 is 0. The number of carbonyl (C=O) groups is 1. The summed E-state index contributed by atoms with van der Waals surface area (Å²) in [5, 5.41) is 9.55. The standard InChI is InChI=1S/C10H12ClN3O2/c11-7-5-12-10(13-6-7)14-4-2-1-3-8(14)9(15)16/h5-6,8H,1-4H2,(H,15,16). The Morgan fingerprint density at radius 1 is 1.44 bits per heavy atom. The number of hydrogen-bond acceptors (Lipinski definition) is 4. The van der Waals surface area contributed by atoms with Gasteiger partial charge in [0.25, 0.3) is 0 Å². The molecule has 5 nitrogen and oxygen atoms in total. The molecule has 0 spiro atoms. The molecule has 16 heavy (non-hydrogen) atoms. The van der Waals surface area contributed by atoms with Gasteiger partial charge in [-0.3, -0.25) is 0 Å². The van der Waals surface area contributed by atoms with Gasteiger partial charge in [0.05, 0.1) is 17.4 Å². The van der Waals surface area contributed by atoms with Crippen LogP contribution in [0.25, 0.3) is 0 Å². The van der Waals surface area contributed by atoms with Crippen LogP contribution in [0, 0.1) is 0 Å². The number of rotatable bonds is 2. The van der Waals surface area contributed by atoms with Gasteiger partial charge in [-0.15, -0.1) is 0 Å². The maximum atomic E-state index is 11.1. The van der Waals surface area contributed by atoms with E-state index in [1.807, 2.05) is 0 Å². The molecule has 0 radical (unpaired) electrons. The number of aliphatic carboxylic acids is 1. The maximum Gasteiger partial charge on any atom is 0.326 e. The lowest BCUT2D eigenvalue weighted by Gasteiger charge is -2.32. The zero-order valence-electron chi connectivity index (χ0n) is 8.64. The van der Waals surface area contributed by atoms with Crippen molar-refractivity contribution in [3.8, 4) is 0 Å². The highest BCUT2D eigenvalue weighted by Crippen LogP contribution is 2.22. The van der Waals surface area contributed by atoms with Crippen molar-refractivity contribution in [3.63, 3.8) is 0 Å². The Morgan fingerprint density at radius 2 is 2.12 bits per heavy atom. The Bertz CT molecular complexity index is 382. The van der Waals surface area contributed by atoms with Crippen LogP contribution in [0.4, 0.5) is 5.95 Å². The molecule has 1 aromatic heterocycles. The molecule has 6 heteroatoms. The van der Waals surface area contributed by atoms with Gasteiger partial charge in [-0.2, -0.15) is 0 Å². The van der Waals surface area contributed by atoms with Gasteiger partial charge in [0.15, 0.2) is 0 Å². The van der Waals surface area contributed by atoms with Gasteiger partial charge >= 0.3 is 5.97 Å². The SMILES string of the molecule is O=C(O)C1CCCCN1c1ncc(Cl)cn1. The summed E-state index contributed by atoms with van der Waals surface area (Å²) in [5.74, 6) is -0.380. The summed E-state index contributed by atoms with van der Waals surface area (Å²) >= 11 is 5.69. The summed E-state index contributed by atoms with van der Waals surface area (Å²) in [6.45, 7) is 0.679. The molecule has 1 fully saturated rings. The van der Waals surface area contributed by atoms with E-state index in [4.69, 9.17) is 16.7 Å². The van der Waals surface area contributed by atoms with Gasteiger partial charge in [-0.1, -0.05) is 11.6 Å². The molecule has 0 amide bonds. The van der Waals surface area contributed by atoms with Crippen molar-refractivity contribution in [3.05, 3.63) is 17.4 Å². The summed E-state index contributed by atoms with van der Waals surface area (Å²) in [6, 6.07) is -0.519. The first-order valence-corrected chi connectivity index (χ1v) is 5.53. The summed E-state index contributed by atoms with van der Waals surface area (Å²) in [6.07, 6.45) is 5.51. The number of anilines is 1. The van der Waals surface area contributed by atoms with Crippen LogP contribution >= 0.6 is 11.6 Å². The van der Waals surface area contributed by atoms with Crippen LogP contribution in [0.15, 0.2) is 12.4 Å². The Labute approximate surface area is 98.1 Å². The fourth-order valence-corrected chi connectivity index (χ4v) is 1.98. The normalized spacial score (nSPS) is 20.8. The molecule has 1 unspecified atom stereocenters. The predicted molar refractivity (Wildman–Crippen MR) is 59.7 cm³/mol. The fraction of sp³-hybridized carbons (Fsp3) is 0.500. The minimum absolute atomic E-state index is 0.441. The monoisotopic (exact) mass is 241 g/mol. The average Bonchev–Trinajstić information content (AvgIpc) is 2.30. The number of carboxylic acids is 1. The number of carboxylic acid groups (broad SMARTS) is 1. The molecular formula is C10H12ClN3O2. The third-order valence-electron chi connectivity index (χ3n) is 2.65. The lowest BCUT2D eigenvalue weighted by molar-refractivity contribution is -0.139. The van der Waals surface area contributed by atoms with Crippen LogP contribution in [0.3, 0.4) is 0 Å². The van der Waals surface area contributed by atoms with Crippen molar-refractivity contribution >= 4 is 23.5 Å². The second-order valence-electron chi connectivity index (χ2n) is 3.74. The number of piperidine rings is 1. The van der Waals surface area contributed by atoms with Gasteiger partial charge in [0, 0.05) is 6.54 Å². The minimum Gasteiger partial charge on any atom is -0.480 e. The van der Waals surface area contributed by atoms with Gasteiger partial charge in [-0.25, -0.2) is 14.8 Å². The molecule has 1 saturated heterocycles. The van der Waals surface area contributed by atoms with E-state index in [1.165, 1.54) is 12.4 Å². The molecular weight excluding hydrogens is 230 g/mol. The number of hydrogen-bond donors (Lipinski definition) is 1. The van der Waals surface area contributed by atoms with Gasteiger partial charge in [0.2, 0.25) is 5.95 Å². The Hall–Kier alpha value is -1.36. The van der Waals surface area contributed by atoms with Crippen molar-refractivity contribution in [2.24, 2.45) is 0 Å². The second-order valence-corrected chi connectivity index (χ2v) is 4.18. The summed E-state index contributed by atoms with van der Waals surface area (Å²) in [5.41, 5.74) is 0. The van der Waals surface area contributed by atoms with Crippen molar-refractivity contribution in [2.45, 2.75) is 25.3 Å². The first kappa shape index (κ1) is 11.1. The highest BCUT2D eigenvalue weighted by Gasteiger charge is 2.29. The van der Waals surface area contributed by atoms with Crippen LogP contribution in [0.5, 0.6) is 0 Å². The van der Waals surface area contributed by atoms with Crippen molar-refractivity contribution in [1.82, 2.24) is 9.97 Å². The number of halogens is 1. The molecule has 2 heterocycles. The molecule has 1 aromatic rings. The van der Waals surface area contributed by atoms with Crippen LogP contribution in [-0.4, -0.2) is 33.6 Å². The Morgan fingerprint density at radius 3 is 2.75 bits per heavy atom. The van der Waals surface area contributed by atoms with Gasteiger partial charge in [0.1, 0.15) is 6.04 Å². The van der Waals surface area contributed by atoms with Crippen LogP contribution < -0.4 is 4.90 Å². The maximum absolute atomic E-state index is 11.1. The van der Waals surface area contributed by atoms with Gasteiger partial charge in [-0.05, 0) is 19.3 Å². The highest BCUT2D eigenvalue weighted by molar-refractivity contribution is 6.30. The molecule has 0 aromatic carbocycles. The van der Waals surface area contributed by atoms with E-state index >= 15 is 0 Å². The topological polar surface area (TPSA) is 66.3 Å². The summed E-state index contributed by atoms with van der Waals surface area (Å²) in [7, 11) is 0. The van der Waals surface area contributed by atoms with E-state index in [1.54, 1.807) is 4.90 Å². The molecule has 0 aliphatic carbocycles. The first-order valence-electron chi connectivity index (χ1n) is 5.15. The van der Waals surface area contributed by atoms with Crippen LogP contribution in [0.2, 0.25) is 5.02 Å². The quantitative estimate of drug-likeness (QED) is 0.852. The van der Waals surface area contributed by atoms with Crippen molar-refractivity contribution < 1.29 is 9.90 Å². The Kier molecular flexibility index (Phi) is 3.24.